The number of fused-ring (bicyclic) bond motifs is 3. The molecule has 0 unspecified atom stereocenters. The molecule has 8 nitrogen and oxygen atoms in total. The molecular formula is C22H13F3N6O2. The fourth-order valence-corrected chi connectivity index (χ4v) is 3.80. The van der Waals surface area contributed by atoms with E-state index in [0.717, 1.165) is 12.1 Å². The molecule has 0 N–H and O–H groups in total. The topological polar surface area (TPSA) is 102 Å². The number of hydrogen-bond acceptors (Lipinski definition) is 6. The summed E-state index contributed by atoms with van der Waals surface area (Å²) in [5, 5.41) is 13.2. The van der Waals surface area contributed by atoms with Gasteiger partial charge in [-0.1, -0.05) is 5.16 Å². The van der Waals surface area contributed by atoms with Gasteiger partial charge in [-0.15, -0.1) is 0 Å². The molecule has 0 aliphatic carbocycles. The Morgan fingerprint density at radius 2 is 1.88 bits per heavy atom. The van der Waals surface area contributed by atoms with Gasteiger partial charge in [0.25, 0.3) is 11.4 Å². The smallest absolute Gasteiger partial charge is 0.279 e. The Morgan fingerprint density at radius 3 is 2.58 bits per heavy atom. The van der Waals surface area contributed by atoms with E-state index in [1.165, 1.54) is 27.4 Å². The minimum atomic E-state index is -0.878. The van der Waals surface area contributed by atoms with Gasteiger partial charge in [-0.25, -0.2) is 18.2 Å². The van der Waals surface area contributed by atoms with E-state index in [4.69, 9.17) is 4.52 Å². The third-order valence-corrected chi connectivity index (χ3v) is 5.22. The van der Waals surface area contributed by atoms with Crippen LogP contribution in [0.25, 0.3) is 39.5 Å². The largest absolute Gasteiger partial charge is 0.332 e. The first-order valence-electron chi connectivity index (χ1n) is 9.75. The van der Waals surface area contributed by atoms with Crippen molar-refractivity contribution >= 4 is 16.6 Å². The molecule has 5 aromatic rings. The van der Waals surface area contributed by atoms with E-state index in [1.54, 1.807) is 13.8 Å². The van der Waals surface area contributed by atoms with E-state index >= 15 is 0 Å². The van der Waals surface area contributed by atoms with Crippen LogP contribution in [-0.2, 0) is 0 Å². The number of imidazole rings is 1. The van der Waals surface area contributed by atoms with Gasteiger partial charge in [-0.2, -0.15) is 10.2 Å². The predicted molar refractivity (Wildman–Crippen MR) is 111 cm³/mol. The van der Waals surface area contributed by atoms with Gasteiger partial charge in [0, 0.05) is 12.1 Å². The maximum atomic E-state index is 14.3. The van der Waals surface area contributed by atoms with Gasteiger partial charge in [-0.05, 0) is 38.1 Å². The van der Waals surface area contributed by atoms with Crippen LogP contribution >= 0.6 is 0 Å². The summed E-state index contributed by atoms with van der Waals surface area (Å²) >= 11 is 0. The number of hydrogen-bond donors (Lipinski definition) is 0. The predicted octanol–water partition coefficient (Wildman–Crippen LogP) is 4.24. The number of nitriles is 1. The Labute approximate surface area is 183 Å². The van der Waals surface area contributed by atoms with Gasteiger partial charge in [-0.3, -0.25) is 9.20 Å². The zero-order chi connectivity index (χ0) is 23.4. The van der Waals surface area contributed by atoms with Gasteiger partial charge in [0.1, 0.15) is 40.9 Å². The fourth-order valence-electron chi connectivity index (χ4n) is 3.80. The van der Waals surface area contributed by atoms with Gasteiger partial charge in [0.15, 0.2) is 5.69 Å². The molecule has 0 amide bonds. The highest BCUT2D eigenvalue weighted by Crippen LogP contribution is 2.29. The van der Waals surface area contributed by atoms with E-state index in [2.05, 4.69) is 15.1 Å². The van der Waals surface area contributed by atoms with Crippen LogP contribution in [0, 0.1) is 28.8 Å². The number of benzene rings is 2. The number of aromatic nitrogens is 5. The highest BCUT2D eigenvalue weighted by molar-refractivity contribution is 5.87. The average Bonchev–Trinajstić information content (AvgIpc) is 3.41. The molecule has 0 aliphatic heterocycles. The second-order valence-electron chi connectivity index (χ2n) is 7.53. The van der Waals surface area contributed by atoms with Crippen LogP contribution < -0.4 is 5.56 Å². The molecule has 33 heavy (non-hydrogen) atoms. The van der Waals surface area contributed by atoms with Gasteiger partial charge in [0.2, 0.25) is 5.82 Å². The first-order valence-corrected chi connectivity index (χ1v) is 9.75. The maximum absolute atomic E-state index is 14.3. The average molecular weight is 450 g/mol. The molecule has 0 aliphatic rings. The molecule has 3 aromatic heterocycles. The van der Waals surface area contributed by atoms with Crippen molar-refractivity contribution < 1.29 is 17.7 Å². The summed E-state index contributed by atoms with van der Waals surface area (Å²) in [5.41, 5.74) is -0.314. The second kappa shape index (κ2) is 7.30. The van der Waals surface area contributed by atoms with Crippen LogP contribution in [0.1, 0.15) is 25.5 Å². The van der Waals surface area contributed by atoms with E-state index in [0.29, 0.717) is 11.6 Å². The Morgan fingerprint density at radius 1 is 1.09 bits per heavy atom. The Bertz CT molecular complexity index is 1680. The molecule has 164 valence electrons. The molecule has 0 fully saturated rings. The quantitative estimate of drug-likeness (QED) is 0.408. The standard InChI is InChI=1S/C22H13F3N6O2/c1-10(2)31-18-13(8-26)14(24)5-6-16(18)30-9-27-17(19(30)22(31)32)21-28-20(29-33-21)12-4-3-11(23)7-15(12)25/h3-7,9-10H,1-2H3. The third-order valence-electron chi connectivity index (χ3n) is 5.22. The van der Waals surface area contributed by atoms with Crippen molar-refractivity contribution in [1.29, 1.82) is 5.26 Å². The van der Waals surface area contributed by atoms with Crippen LogP contribution in [0.2, 0.25) is 0 Å². The van der Waals surface area contributed by atoms with Gasteiger partial charge >= 0.3 is 0 Å². The van der Waals surface area contributed by atoms with Crippen molar-refractivity contribution in [2.45, 2.75) is 19.9 Å². The van der Waals surface area contributed by atoms with Crippen molar-refractivity contribution in [3.63, 3.8) is 0 Å². The first-order chi connectivity index (χ1) is 15.8. The summed E-state index contributed by atoms with van der Waals surface area (Å²) in [7, 11) is 0. The summed E-state index contributed by atoms with van der Waals surface area (Å²) in [6.45, 7) is 3.45. The molecule has 11 heteroatoms. The van der Waals surface area contributed by atoms with Crippen LogP contribution in [0.5, 0.6) is 0 Å². The minimum Gasteiger partial charge on any atom is -0.332 e. The van der Waals surface area contributed by atoms with Crippen LogP contribution in [0.15, 0.2) is 46.0 Å². The summed E-state index contributed by atoms with van der Waals surface area (Å²) in [6, 6.07) is 6.89. The molecule has 0 saturated carbocycles. The first kappa shape index (κ1) is 20.4. The van der Waals surface area contributed by atoms with Crippen LogP contribution in [0.4, 0.5) is 13.2 Å². The third kappa shape index (κ3) is 2.99. The summed E-state index contributed by atoms with van der Waals surface area (Å²) in [6.07, 6.45) is 1.32. The lowest BCUT2D eigenvalue weighted by atomic mass is 10.1. The molecular weight excluding hydrogens is 437 g/mol. The van der Waals surface area contributed by atoms with E-state index in [1.807, 2.05) is 6.07 Å². The lowest BCUT2D eigenvalue weighted by molar-refractivity contribution is 0.431. The van der Waals surface area contributed by atoms with Crippen molar-refractivity contribution in [2.75, 3.05) is 0 Å². The highest BCUT2D eigenvalue weighted by Gasteiger charge is 2.25. The number of nitrogens with zero attached hydrogens (tertiary/aromatic N) is 6. The van der Waals surface area contributed by atoms with Crippen molar-refractivity contribution in [3.8, 4) is 29.0 Å². The van der Waals surface area contributed by atoms with E-state index in [-0.39, 0.29) is 39.6 Å². The van der Waals surface area contributed by atoms with E-state index < -0.39 is 29.1 Å². The summed E-state index contributed by atoms with van der Waals surface area (Å²) in [4.78, 5) is 21.8. The molecule has 3 heterocycles. The Hall–Kier alpha value is -4.46. The van der Waals surface area contributed by atoms with Gasteiger partial charge < -0.3 is 9.09 Å². The summed E-state index contributed by atoms with van der Waals surface area (Å²) in [5.74, 6) is -2.69. The Kier molecular flexibility index (Phi) is 4.52. The lowest BCUT2D eigenvalue weighted by Gasteiger charge is -2.16. The molecule has 2 aromatic carbocycles. The molecule has 0 atom stereocenters. The minimum absolute atomic E-state index is 0.0282. The normalized spacial score (nSPS) is 11.5. The zero-order valence-electron chi connectivity index (χ0n) is 17.2. The molecule has 0 radical (unpaired) electrons. The summed E-state index contributed by atoms with van der Waals surface area (Å²) < 4.78 is 49.6. The Balaban J connectivity index is 1.80. The SMILES string of the molecule is CC(C)n1c(=O)c2c(-c3nc(-c4ccc(F)cc4F)no3)ncn2c2ccc(F)c(C#N)c21. The lowest BCUT2D eigenvalue weighted by Crippen LogP contribution is -2.25. The molecule has 0 spiro atoms. The van der Waals surface area contributed by atoms with Crippen molar-refractivity contribution in [2.24, 2.45) is 0 Å². The van der Waals surface area contributed by atoms with E-state index in [9.17, 15) is 23.2 Å². The molecule has 0 saturated heterocycles. The zero-order valence-corrected chi connectivity index (χ0v) is 17.2. The maximum Gasteiger partial charge on any atom is 0.279 e. The monoisotopic (exact) mass is 450 g/mol. The number of rotatable bonds is 3. The van der Waals surface area contributed by atoms with Crippen LogP contribution in [0.3, 0.4) is 0 Å². The van der Waals surface area contributed by atoms with Crippen molar-refractivity contribution in [3.05, 3.63) is 70.0 Å². The second-order valence-corrected chi connectivity index (χ2v) is 7.53. The number of halogens is 3. The fraction of sp³-hybridized carbons (Fsp3) is 0.136. The molecule has 5 rings (SSSR count). The highest BCUT2D eigenvalue weighted by atomic mass is 19.1. The van der Waals surface area contributed by atoms with Crippen molar-refractivity contribution in [1.82, 2.24) is 24.1 Å². The molecule has 0 bridgehead atoms. The van der Waals surface area contributed by atoms with Gasteiger partial charge in [0.05, 0.1) is 16.6 Å². The van der Waals surface area contributed by atoms with Crippen LogP contribution in [-0.4, -0.2) is 24.1 Å².